The van der Waals surface area contributed by atoms with Crippen molar-refractivity contribution >= 4 is 28.7 Å². The van der Waals surface area contributed by atoms with Crippen LogP contribution < -0.4 is 4.72 Å². The molecule has 1 aliphatic rings. The molecular formula is C20H25BF4N2O2S. The van der Waals surface area contributed by atoms with Crippen molar-refractivity contribution in [3.05, 3.63) is 48.0 Å². The summed E-state index contributed by atoms with van der Waals surface area (Å²) >= 11 is 0. The molecule has 2 aromatic rings. The predicted molar refractivity (Wildman–Crippen MR) is 112 cm³/mol. The van der Waals surface area contributed by atoms with Gasteiger partial charge in [0.25, 0.3) is 0 Å². The van der Waals surface area contributed by atoms with Crippen molar-refractivity contribution in [2.45, 2.75) is 38.0 Å². The quantitative estimate of drug-likeness (QED) is 0.411. The minimum absolute atomic E-state index is 0.00321. The lowest BCUT2D eigenvalue weighted by molar-refractivity contribution is -0.434. The predicted octanol–water partition coefficient (Wildman–Crippen LogP) is 4.98. The highest BCUT2D eigenvalue weighted by atomic mass is 32.2. The number of benzene rings is 2. The topological polar surface area (TPSA) is 49.2 Å². The van der Waals surface area contributed by atoms with Gasteiger partial charge >= 0.3 is 7.25 Å². The number of rotatable bonds is 4. The molecule has 0 fully saturated rings. The van der Waals surface area contributed by atoms with E-state index in [1.54, 1.807) is 12.1 Å². The number of nitrogens with one attached hydrogen (secondary N) is 1. The Morgan fingerprint density at radius 3 is 1.97 bits per heavy atom. The van der Waals surface area contributed by atoms with E-state index in [-0.39, 0.29) is 10.3 Å². The fraction of sp³-hybridized carbons (Fsp3) is 0.350. The molecule has 0 aromatic heterocycles. The summed E-state index contributed by atoms with van der Waals surface area (Å²) in [5.74, 6) is 0. The van der Waals surface area contributed by atoms with E-state index in [0.717, 1.165) is 17.7 Å². The zero-order valence-corrected chi connectivity index (χ0v) is 18.3. The molecule has 0 aliphatic carbocycles. The van der Waals surface area contributed by atoms with Crippen molar-refractivity contribution < 1.29 is 30.3 Å². The third kappa shape index (κ3) is 5.10. The van der Waals surface area contributed by atoms with Crippen LogP contribution in [0.1, 0.15) is 33.3 Å². The molecule has 0 radical (unpaired) electrons. The number of nitrogens with zero attached hydrogens (tertiary/aromatic N) is 1. The number of sulfonamides is 1. The first-order valence-electron chi connectivity index (χ1n) is 9.39. The van der Waals surface area contributed by atoms with Crippen LogP contribution in [0.25, 0.3) is 11.1 Å². The first-order chi connectivity index (χ1) is 13.7. The van der Waals surface area contributed by atoms with Crippen molar-refractivity contribution in [3.8, 4) is 11.1 Å². The first kappa shape index (κ1) is 24.1. The second-order valence-electron chi connectivity index (χ2n) is 7.41. The van der Waals surface area contributed by atoms with E-state index in [1.807, 2.05) is 12.1 Å². The summed E-state index contributed by atoms with van der Waals surface area (Å²) in [5, 5.41) is 0. The van der Waals surface area contributed by atoms with Gasteiger partial charge in [-0.25, -0.2) is 13.1 Å². The van der Waals surface area contributed by atoms with E-state index in [4.69, 9.17) is 0 Å². The summed E-state index contributed by atoms with van der Waals surface area (Å²) in [4.78, 5) is 0.279. The molecule has 1 N–H and O–H groups in total. The monoisotopic (exact) mass is 444 g/mol. The van der Waals surface area contributed by atoms with Gasteiger partial charge in [-0.15, -0.1) is 0 Å². The number of halogens is 4. The van der Waals surface area contributed by atoms with E-state index < -0.39 is 17.3 Å². The van der Waals surface area contributed by atoms with Crippen LogP contribution in [0.3, 0.4) is 0 Å². The fourth-order valence-electron chi connectivity index (χ4n) is 3.52. The van der Waals surface area contributed by atoms with Gasteiger partial charge in [0.15, 0.2) is 5.71 Å². The van der Waals surface area contributed by atoms with Crippen LogP contribution in [-0.2, 0) is 15.4 Å². The van der Waals surface area contributed by atoms with Gasteiger partial charge in [-0.3, -0.25) is 0 Å². The Morgan fingerprint density at radius 2 is 1.50 bits per heavy atom. The summed E-state index contributed by atoms with van der Waals surface area (Å²) in [5.41, 5.74) is 6.06. The third-order valence-corrected chi connectivity index (χ3v) is 6.78. The Labute approximate surface area is 174 Å². The molecular weight excluding hydrogens is 419 g/mol. The van der Waals surface area contributed by atoms with Crippen LogP contribution in [-0.4, -0.2) is 39.6 Å². The van der Waals surface area contributed by atoms with Crippen LogP contribution in [0.15, 0.2) is 47.4 Å². The van der Waals surface area contributed by atoms with Gasteiger partial charge in [-0.05, 0) is 63.2 Å². The lowest BCUT2D eigenvalue weighted by Crippen LogP contribution is -2.26. The average Bonchev–Trinajstić information content (AvgIpc) is 2.86. The van der Waals surface area contributed by atoms with Gasteiger partial charge in [-0.2, -0.15) is 4.58 Å². The molecule has 1 heterocycles. The Hall–Kier alpha value is -2.20. The van der Waals surface area contributed by atoms with Gasteiger partial charge in [-0.1, -0.05) is 12.1 Å². The molecule has 2 aromatic carbocycles. The Bertz CT molecular complexity index is 1060. The molecule has 0 atom stereocenters. The first-order valence-corrected chi connectivity index (χ1v) is 10.9. The normalized spacial score (nSPS) is 15.5. The molecule has 10 heteroatoms. The molecule has 0 spiro atoms. The molecule has 0 bridgehead atoms. The van der Waals surface area contributed by atoms with Crippen molar-refractivity contribution in [2.24, 2.45) is 0 Å². The average molecular weight is 444 g/mol. The Morgan fingerprint density at radius 1 is 1.00 bits per heavy atom. The smallest absolute Gasteiger partial charge is 0.418 e. The molecule has 4 nitrogen and oxygen atoms in total. The lowest BCUT2D eigenvalue weighted by Gasteiger charge is -2.16. The van der Waals surface area contributed by atoms with Crippen molar-refractivity contribution in [2.75, 3.05) is 13.6 Å². The van der Waals surface area contributed by atoms with E-state index in [0.29, 0.717) is 0 Å². The molecule has 0 amide bonds. The van der Waals surface area contributed by atoms with Crippen LogP contribution in [0.5, 0.6) is 0 Å². The second-order valence-corrected chi connectivity index (χ2v) is 9.30. The third-order valence-electron chi connectivity index (χ3n) is 5.35. The molecule has 1 aliphatic heterocycles. The van der Waals surface area contributed by atoms with E-state index in [9.17, 15) is 25.7 Å². The number of hydrogen-bond donors (Lipinski definition) is 1. The molecule has 0 saturated heterocycles. The molecule has 3 rings (SSSR count). The summed E-state index contributed by atoms with van der Waals surface area (Å²) in [6.07, 6.45) is 0. The van der Waals surface area contributed by atoms with Crippen molar-refractivity contribution in [3.63, 3.8) is 0 Å². The summed E-state index contributed by atoms with van der Waals surface area (Å²) < 4.78 is 67.5. The maximum atomic E-state index is 11.9. The standard InChI is InChI=1S/C20H25N2O2S.BF4/c1-6-22-14(2)20(3,4)18-13-16(9-12-19(18)22)15-7-10-17(11-8-15)25(23,24)21-5;2-1(3,4)5/h7-13,21H,6H2,1-5H3;/q+1;-1. The minimum atomic E-state index is -6.00. The van der Waals surface area contributed by atoms with Gasteiger partial charge in [0, 0.05) is 18.6 Å². The van der Waals surface area contributed by atoms with Gasteiger partial charge in [0.2, 0.25) is 15.7 Å². The molecule has 0 unspecified atom stereocenters. The van der Waals surface area contributed by atoms with Crippen molar-refractivity contribution in [1.29, 1.82) is 0 Å². The van der Waals surface area contributed by atoms with Gasteiger partial charge in [0.1, 0.15) is 6.54 Å². The van der Waals surface area contributed by atoms with Crippen molar-refractivity contribution in [1.82, 2.24) is 4.72 Å². The summed E-state index contributed by atoms with van der Waals surface area (Å²) in [6.45, 7) is 9.83. The highest BCUT2D eigenvalue weighted by Gasteiger charge is 2.42. The zero-order chi connectivity index (χ0) is 22.9. The Balaban J connectivity index is 0.000000575. The minimum Gasteiger partial charge on any atom is -0.418 e. The lowest BCUT2D eigenvalue weighted by atomic mass is 9.81. The highest BCUT2D eigenvalue weighted by Crippen LogP contribution is 2.41. The summed E-state index contributed by atoms with van der Waals surface area (Å²) in [7, 11) is -7.98. The zero-order valence-electron chi connectivity index (χ0n) is 17.5. The molecule has 164 valence electrons. The Kier molecular flexibility index (Phi) is 6.83. The van der Waals surface area contributed by atoms with E-state index >= 15 is 0 Å². The maximum absolute atomic E-state index is 11.9. The second kappa shape index (κ2) is 8.51. The van der Waals surface area contributed by atoms with E-state index in [1.165, 1.54) is 24.0 Å². The van der Waals surface area contributed by atoms with E-state index in [2.05, 4.69) is 55.2 Å². The van der Waals surface area contributed by atoms with Crippen LogP contribution in [0.2, 0.25) is 0 Å². The van der Waals surface area contributed by atoms with Gasteiger partial charge in [0.05, 0.1) is 10.3 Å². The maximum Gasteiger partial charge on any atom is 0.673 e. The number of fused-ring (bicyclic) bond motifs is 1. The highest BCUT2D eigenvalue weighted by molar-refractivity contribution is 7.89. The van der Waals surface area contributed by atoms with Gasteiger partial charge < -0.3 is 17.3 Å². The summed E-state index contributed by atoms with van der Waals surface area (Å²) in [6, 6.07) is 13.5. The number of hydrogen-bond acceptors (Lipinski definition) is 2. The van der Waals surface area contributed by atoms with Crippen LogP contribution >= 0.6 is 0 Å². The molecule has 30 heavy (non-hydrogen) atoms. The van der Waals surface area contributed by atoms with Crippen LogP contribution in [0.4, 0.5) is 23.0 Å². The fourth-order valence-corrected chi connectivity index (χ4v) is 4.25. The van der Waals surface area contributed by atoms with Crippen LogP contribution in [0, 0.1) is 0 Å². The largest absolute Gasteiger partial charge is 0.673 e. The SMILES string of the molecule is CC[N+]1=C(C)C(C)(C)c2cc(-c3ccc(S(=O)(=O)NC)cc3)ccc21.F[B-](F)(F)F. The molecule has 0 saturated carbocycles.